The van der Waals surface area contributed by atoms with Crippen molar-refractivity contribution in [2.24, 2.45) is 0 Å². The quantitative estimate of drug-likeness (QED) is 0.214. The van der Waals surface area contributed by atoms with Crippen LogP contribution in [-0.4, -0.2) is 35.8 Å². The van der Waals surface area contributed by atoms with E-state index < -0.39 is 28.7 Å². The van der Waals surface area contributed by atoms with Crippen molar-refractivity contribution in [1.29, 1.82) is 0 Å². The van der Waals surface area contributed by atoms with E-state index in [0.29, 0.717) is 10.6 Å². The molecule has 0 spiro atoms. The van der Waals surface area contributed by atoms with Crippen molar-refractivity contribution in [2.75, 3.05) is 12.4 Å². The largest absolute Gasteiger partial charge is 0.495 e. The van der Waals surface area contributed by atoms with Crippen molar-refractivity contribution in [3.8, 4) is 5.75 Å². The number of ketones is 1. The maximum absolute atomic E-state index is 12.9. The van der Waals surface area contributed by atoms with Gasteiger partial charge in [-0.2, -0.15) is 0 Å². The highest BCUT2D eigenvalue weighted by Gasteiger charge is 2.24. The van der Waals surface area contributed by atoms with Crippen molar-refractivity contribution in [1.82, 2.24) is 0 Å². The monoisotopic (exact) mass is 482 g/mol. The van der Waals surface area contributed by atoms with Gasteiger partial charge in [-0.05, 0) is 43.3 Å². The summed E-state index contributed by atoms with van der Waals surface area (Å²) in [5, 5.41) is 13.9. The lowest BCUT2D eigenvalue weighted by Crippen LogP contribution is -2.30. The SMILES string of the molecule is COc1ccc([N+](=O)[O-])cc1NC(=O)[C@H](C)OC(=O)c1ccccc1C(=O)c1ccc(Cl)cc1. The fraction of sp³-hybridized carbons (Fsp3) is 0.125. The number of ether oxygens (including phenoxy) is 2. The van der Waals surface area contributed by atoms with E-state index in [-0.39, 0.29) is 28.3 Å². The smallest absolute Gasteiger partial charge is 0.339 e. The number of carbonyl (C=O) groups excluding carboxylic acids is 3. The van der Waals surface area contributed by atoms with Gasteiger partial charge in [-0.15, -0.1) is 0 Å². The van der Waals surface area contributed by atoms with Crippen LogP contribution < -0.4 is 10.1 Å². The van der Waals surface area contributed by atoms with Gasteiger partial charge in [0.2, 0.25) is 0 Å². The highest BCUT2D eigenvalue weighted by atomic mass is 35.5. The normalized spacial score (nSPS) is 11.3. The first kappa shape index (κ1) is 24.4. The minimum atomic E-state index is -1.28. The Kier molecular flexibility index (Phi) is 7.60. The highest BCUT2D eigenvalue weighted by Crippen LogP contribution is 2.29. The van der Waals surface area contributed by atoms with E-state index in [4.69, 9.17) is 21.1 Å². The number of hydrogen-bond donors (Lipinski definition) is 1. The average Bonchev–Trinajstić information content (AvgIpc) is 2.83. The third-order valence-electron chi connectivity index (χ3n) is 4.80. The second-order valence-electron chi connectivity index (χ2n) is 7.06. The van der Waals surface area contributed by atoms with Crippen LogP contribution >= 0.6 is 11.6 Å². The number of amides is 1. The summed E-state index contributed by atoms with van der Waals surface area (Å²) in [5.74, 6) is -1.85. The van der Waals surface area contributed by atoms with Gasteiger partial charge < -0.3 is 14.8 Å². The summed E-state index contributed by atoms with van der Waals surface area (Å²) >= 11 is 5.87. The predicted molar refractivity (Wildman–Crippen MR) is 124 cm³/mol. The third kappa shape index (κ3) is 5.57. The minimum Gasteiger partial charge on any atom is -0.495 e. The van der Waals surface area contributed by atoms with E-state index in [0.717, 1.165) is 6.07 Å². The summed E-state index contributed by atoms with van der Waals surface area (Å²) in [6.07, 6.45) is -1.28. The van der Waals surface area contributed by atoms with E-state index in [2.05, 4.69) is 5.32 Å². The molecule has 1 N–H and O–H groups in total. The Labute approximate surface area is 199 Å². The molecule has 0 aromatic heterocycles. The molecular formula is C24H19ClN2O7. The molecule has 0 fully saturated rings. The molecule has 9 nitrogen and oxygen atoms in total. The fourth-order valence-electron chi connectivity index (χ4n) is 3.04. The van der Waals surface area contributed by atoms with Crippen LogP contribution in [0.5, 0.6) is 5.75 Å². The van der Waals surface area contributed by atoms with Gasteiger partial charge in [0.15, 0.2) is 11.9 Å². The van der Waals surface area contributed by atoms with Crippen molar-refractivity contribution >= 4 is 40.6 Å². The Hall–Kier alpha value is -4.24. The zero-order chi connectivity index (χ0) is 24.8. The molecule has 0 aliphatic rings. The first-order valence-electron chi connectivity index (χ1n) is 9.95. The fourth-order valence-corrected chi connectivity index (χ4v) is 3.16. The van der Waals surface area contributed by atoms with Crippen LogP contribution in [0.3, 0.4) is 0 Å². The molecule has 0 unspecified atom stereocenters. The Balaban J connectivity index is 1.77. The van der Waals surface area contributed by atoms with Gasteiger partial charge in [-0.3, -0.25) is 19.7 Å². The van der Waals surface area contributed by atoms with Crippen molar-refractivity contribution < 1.29 is 28.8 Å². The highest BCUT2D eigenvalue weighted by molar-refractivity contribution is 6.30. The van der Waals surface area contributed by atoms with E-state index in [1.807, 2.05) is 0 Å². The number of nitro benzene ring substituents is 1. The zero-order valence-corrected chi connectivity index (χ0v) is 18.9. The number of nitrogens with one attached hydrogen (secondary N) is 1. The molecule has 0 aliphatic carbocycles. The summed E-state index contributed by atoms with van der Waals surface area (Å²) in [7, 11) is 1.34. The van der Waals surface area contributed by atoms with Gasteiger partial charge in [0.05, 0.1) is 23.3 Å². The van der Waals surface area contributed by atoms with Gasteiger partial charge in [0, 0.05) is 28.3 Å². The lowest BCUT2D eigenvalue weighted by molar-refractivity contribution is -0.384. The first-order chi connectivity index (χ1) is 16.2. The Morgan fingerprint density at radius 2 is 1.65 bits per heavy atom. The molecule has 34 heavy (non-hydrogen) atoms. The van der Waals surface area contributed by atoms with Crippen LogP contribution in [0.1, 0.15) is 33.2 Å². The first-order valence-corrected chi connectivity index (χ1v) is 10.3. The predicted octanol–water partition coefficient (Wildman–Crippen LogP) is 4.67. The zero-order valence-electron chi connectivity index (χ0n) is 18.1. The Bertz CT molecular complexity index is 1260. The number of esters is 1. The van der Waals surface area contributed by atoms with Crippen molar-refractivity contribution in [3.05, 3.63) is 98.6 Å². The number of hydrogen-bond acceptors (Lipinski definition) is 7. The van der Waals surface area contributed by atoms with Gasteiger partial charge in [0.1, 0.15) is 5.75 Å². The topological polar surface area (TPSA) is 125 Å². The molecule has 0 radical (unpaired) electrons. The molecule has 174 valence electrons. The summed E-state index contributed by atoms with van der Waals surface area (Å²) in [6.45, 7) is 1.33. The molecule has 10 heteroatoms. The summed E-state index contributed by atoms with van der Waals surface area (Å²) in [5.41, 5.74) is 0.198. The van der Waals surface area contributed by atoms with Crippen molar-refractivity contribution in [3.63, 3.8) is 0 Å². The average molecular weight is 483 g/mol. The van der Waals surface area contributed by atoms with E-state index >= 15 is 0 Å². The minimum absolute atomic E-state index is 0.0185. The standard InChI is InChI=1S/C24H19ClN2O7/c1-14(23(29)26-20-13-17(27(31)32)11-12-21(20)33-2)34-24(30)19-6-4-3-5-18(19)22(28)15-7-9-16(25)10-8-15/h3-14H,1-2H3,(H,26,29)/t14-/m0/s1. The molecule has 3 aromatic carbocycles. The molecule has 1 atom stereocenters. The number of carbonyl (C=O) groups is 3. The van der Waals surface area contributed by atoms with Crippen LogP contribution in [0.25, 0.3) is 0 Å². The molecular weight excluding hydrogens is 464 g/mol. The molecule has 0 heterocycles. The number of anilines is 1. The summed E-state index contributed by atoms with van der Waals surface area (Å²) in [4.78, 5) is 48.7. The lowest BCUT2D eigenvalue weighted by Gasteiger charge is -2.16. The maximum Gasteiger partial charge on any atom is 0.339 e. The lowest BCUT2D eigenvalue weighted by atomic mass is 9.98. The number of benzene rings is 3. The van der Waals surface area contributed by atoms with Crippen LogP contribution in [-0.2, 0) is 9.53 Å². The van der Waals surface area contributed by atoms with E-state index in [9.17, 15) is 24.5 Å². The molecule has 0 saturated carbocycles. The number of nitro groups is 1. The molecule has 3 rings (SSSR count). The second-order valence-corrected chi connectivity index (χ2v) is 7.50. The van der Waals surface area contributed by atoms with Crippen LogP contribution in [0.4, 0.5) is 11.4 Å². The van der Waals surface area contributed by atoms with E-state index in [1.54, 1.807) is 24.3 Å². The summed E-state index contributed by atoms with van der Waals surface area (Å²) < 4.78 is 10.4. The Morgan fingerprint density at radius 3 is 2.26 bits per heavy atom. The number of rotatable bonds is 8. The van der Waals surface area contributed by atoms with Gasteiger partial charge in [-0.1, -0.05) is 29.8 Å². The van der Waals surface area contributed by atoms with Gasteiger partial charge in [0.25, 0.3) is 11.6 Å². The maximum atomic E-state index is 12.9. The van der Waals surface area contributed by atoms with Crippen molar-refractivity contribution in [2.45, 2.75) is 13.0 Å². The van der Waals surface area contributed by atoms with Gasteiger partial charge >= 0.3 is 5.97 Å². The van der Waals surface area contributed by atoms with E-state index in [1.165, 1.54) is 50.4 Å². The number of non-ortho nitro benzene ring substituents is 1. The Morgan fingerprint density at radius 1 is 1.00 bits per heavy atom. The second kappa shape index (κ2) is 10.6. The molecule has 1 amide bonds. The molecule has 3 aromatic rings. The number of methoxy groups -OCH3 is 1. The molecule has 0 bridgehead atoms. The third-order valence-corrected chi connectivity index (χ3v) is 5.05. The molecule has 0 aliphatic heterocycles. The van der Waals surface area contributed by atoms with Crippen LogP contribution in [0, 0.1) is 10.1 Å². The number of halogens is 1. The summed E-state index contributed by atoms with van der Waals surface area (Å²) in [6, 6.07) is 15.9. The molecule has 0 saturated heterocycles. The van der Waals surface area contributed by atoms with Crippen LogP contribution in [0.15, 0.2) is 66.7 Å². The van der Waals surface area contributed by atoms with Crippen LogP contribution in [0.2, 0.25) is 5.02 Å². The number of nitrogens with zero attached hydrogens (tertiary/aromatic N) is 1. The van der Waals surface area contributed by atoms with Gasteiger partial charge in [-0.25, -0.2) is 4.79 Å².